The van der Waals surface area contributed by atoms with Crippen LogP contribution in [0.25, 0.3) is 11.4 Å². The van der Waals surface area contributed by atoms with Crippen molar-refractivity contribution in [2.75, 3.05) is 0 Å². The zero-order valence-electron chi connectivity index (χ0n) is 12.2. The molecule has 11 heteroatoms. The van der Waals surface area contributed by atoms with E-state index in [4.69, 9.17) is 0 Å². The van der Waals surface area contributed by atoms with Gasteiger partial charge in [-0.15, -0.1) is 0 Å². The van der Waals surface area contributed by atoms with Crippen LogP contribution < -0.4 is 5.32 Å². The Labute approximate surface area is 136 Å². The molecule has 2 aromatic rings. The van der Waals surface area contributed by atoms with Crippen molar-refractivity contribution in [3.63, 3.8) is 0 Å². The lowest BCUT2D eigenvalue weighted by atomic mass is 10.1. The number of aromatic nitrogens is 2. The molecule has 1 saturated carbocycles. The maximum atomic E-state index is 14.0. The fourth-order valence-corrected chi connectivity index (χ4v) is 2.11. The van der Waals surface area contributed by atoms with E-state index in [0.29, 0.717) is 0 Å². The van der Waals surface area contributed by atoms with Crippen molar-refractivity contribution in [2.45, 2.75) is 25.1 Å². The van der Waals surface area contributed by atoms with Crippen molar-refractivity contribution in [2.24, 2.45) is 5.92 Å². The fraction of sp³-hybridized carbons (Fsp3) is 0.357. The number of carbonyl (C=O) groups excluding carboxylic acids is 1. The highest BCUT2D eigenvalue weighted by atomic mass is 19.4. The molecule has 3 rings (SSSR count). The van der Waals surface area contributed by atoms with Crippen LogP contribution in [0.3, 0.4) is 0 Å². The molecule has 1 aromatic heterocycles. The van der Waals surface area contributed by atoms with Gasteiger partial charge in [-0.05, 0) is 17.7 Å². The van der Waals surface area contributed by atoms with Crippen LogP contribution in [0.2, 0.25) is 0 Å². The molecule has 1 atom stereocenters. The van der Waals surface area contributed by atoms with E-state index in [0.717, 1.165) is 12.1 Å². The summed E-state index contributed by atoms with van der Waals surface area (Å²) in [7, 11) is 0. The van der Waals surface area contributed by atoms with Crippen LogP contribution in [-0.2, 0) is 17.5 Å². The molecule has 1 aromatic carbocycles. The number of alkyl halides is 5. The maximum Gasteiger partial charge on any atom is 0.471 e. The highest BCUT2D eigenvalue weighted by Gasteiger charge is 2.61. The molecule has 1 fully saturated rings. The highest BCUT2D eigenvalue weighted by Crippen LogP contribution is 2.48. The SMILES string of the molecule is O=C(NCc1ccc(-c2noc(C(F)(F)F)n2)c(F)c1)C1CC1(F)F. The molecule has 25 heavy (non-hydrogen) atoms. The lowest BCUT2D eigenvalue weighted by molar-refractivity contribution is -0.159. The number of carbonyl (C=O) groups is 1. The molecule has 0 spiro atoms. The first-order valence-electron chi connectivity index (χ1n) is 6.93. The smallest absolute Gasteiger partial charge is 0.352 e. The van der Waals surface area contributed by atoms with Gasteiger partial charge in [0.15, 0.2) is 0 Å². The Morgan fingerprint density at radius 2 is 2.04 bits per heavy atom. The second-order valence-corrected chi connectivity index (χ2v) is 5.47. The van der Waals surface area contributed by atoms with Crippen LogP contribution in [0.4, 0.5) is 26.3 Å². The van der Waals surface area contributed by atoms with E-state index >= 15 is 0 Å². The second kappa shape index (κ2) is 5.74. The minimum absolute atomic E-state index is 0.206. The fourth-order valence-electron chi connectivity index (χ4n) is 2.11. The van der Waals surface area contributed by atoms with Gasteiger partial charge < -0.3 is 9.84 Å². The van der Waals surface area contributed by atoms with E-state index in [-0.39, 0.29) is 17.7 Å². The first kappa shape index (κ1) is 17.2. The topological polar surface area (TPSA) is 68.0 Å². The zero-order chi connectivity index (χ0) is 18.4. The first-order valence-corrected chi connectivity index (χ1v) is 6.93. The molecular weight excluding hydrogens is 356 g/mol. The molecule has 1 N–H and O–H groups in total. The Bertz CT molecular complexity index is 817. The Kier molecular flexibility index (Phi) is 3.96. The molecule has 134 valence electrons. The zero-order valence-corrected chi connectivity index (χ0v) is 12.2. The molecule has 1 aliphatic carbocycles. The number of benzene rings is 1. The monoisotopic (exact) mass is 365 g/mol. The summed E-state index contributed by atoms with van der Waals surface area (Å²) in [6, 6.07) is 3.34. The second-order valence-electron chi connectivity index (χ2n) is 5.47. The number of nitrogens with one attached hydrogen (secondary N) is 1. The molecule has 0 radical (unpaired) electrons. The summed E-state index contributed by atoms with van der Waals surface area (Å²) < 4.78 is 80.7. The minimum atomic E-state index is -4.85. The Balaban J connectivity index is 1.69. The molecule has 0 saturated heterocycles. The van der Waals surface area contributed by atoms with E-state index in [1.807, 2.05) is 0 Å². The van der Waals surface area contributed by atoms with Crippen molar-refractivity contribution in [1.29, 1.82) is 0 Å². The Morgan fingerprint density at radius 1 is 1.36 bits per heavy atom. The van der Waals surface area contributed by atoms with Crippen molar-refractivity contribution in [1.82, 2.24) is 15.5 Å². The van der Waals surface area contributed by atoms with Crippen LogP contribution in [0.1, 0.15) is 17.9 Å². The molecule has 1 aliphatic rings. The number of nitrogens with zero attached hydrogens (tertiary/aromatic N) is 2. The molecule has 1 unspecified atom stereocenters. The van der Waals surface area contributed by atoms with Gasteiger partial charge in [0.2, 0.25) is 11.7 Å². The summed E-state index contributed by atoms with van der Waals surface area (Å²) in [6.45, 7) is -0.206. The van der Waals surface area contributed by atoms with Gasteiger partial charge >= 0.3 is 12.1 Å². The standard InChI is InChI=1S/C14H9F6N3O2/c15-9-3-6(5-21-11(24)8-4-13(8,16)17)1-2-7(9)10-22-12(25-23-10)14(18,19)20/h1-3,8H,4-5H2,(H,21,24). The van der Waals surface area contributed by atoms with E-state index in [2.05, 4.69) is 20.0 Å². The summed E-state index contributed by atoms with van der Waals surface area (Å²) >= 11 is 0. The predicted octanol–water partition coefficient (Wildman–Crippen LogP) is 3.17. The van der Waals surface area contributed by atoms with E-state index < -0.39 is 47.9 Å². The third-order valence-electron chi connectivity index (χ3n) is 3.55. The summed E-state index contributed by atoms with van der Waals surface area (Å²) in [5, 5.41) is 5.31. The summed E-state index contributed by atoms with van der Waals surface area (Å²) in [5.74, 6) is -8.37. The van der Waals surface area contributed by atoms with Gasteiger partial charge in [0.05, 0.1) is 5.56 Å². The van der Waals surface area contributed by atoms with Crippen LogP contribution >= 0.6 is 0 Å². The molecule has 1 heterocycles. The third kappa shape index (κ3) is 3.59. The maximum absolute atomic E-state index is 14.0. The lowest BCUT2D eigenvalue weighted by Gasteiger charge is -2.06. The van der Waals surface area contributed by atoms with E-state index in [1.54, 1.807) is 0 Å². The van der Waals surface area contributed by atoms with Gasteiger partial charge in [0, 0.05) is 13.0 Å². The van der Waals surface area contributed by atoms with Gasteiger partial charge in [-0.2, -0.15) is 18.2 Å². The Morgan fingerprint density at radius 3 is 2.56 bits per heavy atom. The quantitative estimate of drug-likeness (QED) is 0.846. The highest BCUT2D eigenvalue weighted by molar-refractivity contribution is 5.82. The Hall–Kier alpha value is -2.59. The largest absolute Gasteiger partial charge is 0.471 e. The average molecular weight is 365 g/mol. The molecule has 0 aliphatic heterocycles. The van der Waals surface area contributed by atoms with Crippen molar-refractivity contribution < 1.29 is 35.7 Å². The van der Waals surface area contributed by atoms with Crippen LogP contribution in [0, 0.1) is 11.7 Å². The number of halogens is 6. The number of hydrogen-bond donors (Lipinski definition) is 1. The van der Waals surface area contributed by atoms with Crippen molar-refractivity contribution >= 4 is 5.91 Å². The predicted molar refractivity (Wildman–Crippen MR) is 69.6 cm³/mol. The average Bonchev–Trinajstić information content (AvgIpc) is 2.94. The van der Waals surface area contributed by atoms with E-state index in [9.17, 15) is 31.1 Å². The van der Waals surface area contributed by atoms with Crippen LogP contribution in [0.15, 0.2) is 22.7 Å². The normalized spacial score (nSPS) is 18.9. The minimum Gasteiger partial charge on any atom is -0.352 e. The summed E-state index contributed by atoms with van der Waals surface area (Å²) in [5.41, 5.74) is -0.0961. The van der Waals surface area contributed by atoms with Crippen LogP contribution in [0.5, 0.6) is 0 Å². The van der Waals surface area contributed by atoms with Gasteiger partial charge in [0.25, 0.3) is 5.92 Å². The van der Waals surface area contributed by atoms with Gasteiger partial charge in [-0.1, -0.05) is 11.2 Å². The number of rotatable bonds is 4. The summed E-state index contributed by atoms with van der Waals surface area (Å²) in [4.78, 5) is 14.5. The van der Waals surface area contributed by atoms with Crippen molar-refractivity contribution in [3.05, 3.63) is 35.5 Å². The molecule has 5 nitrogen and oxygen atoms in total. The van der Waals surface area contributed by atoms with Gasteiger partial charge in [0.1, 0.15) is 11.7 Å². The lowest BCUT2D eigenvalue weighted by Crippen LogP contribution is -2.26. The van der Waals surface area contributed by atoms with Gasteiger partial charge in [-0.25, -0.2) is 13.2 Å². The first-order chi connectivity index (χ1) is 11.6. The summed E-state index contributed by atoms with van der Waals surface area (Å²) in [6.07, 6.45) is -5.37. The molecule has 1 amide bonds. The number of amides is 1. The molecular formula is C14H9F6N3O2. The molecule has 0 bridgehead atoms. The van der Waals surface area contributed by atoms with Crippen molar-refractivity contribution in [3.8, 4) is 11.4 Å². The van der Waals surface area contributed by atoms with E-state index in [1.165, 1.54) is 6.07 Å². The number of hydrogen-bond acceptors (Lipinski definition) is 4. The van der Waals surface area contributed by atoms with Gasteiger partial charge in [-0.3, -0.25) is 4.79 Å². The van der Waals surface area contributed by atoms with Crippen LogP contribution in [-0.4, -0.2) is 22.0 Å². The third-order valence-corrected chi connectivity index (χ3v) is 3.55.